The number of aliphatic hydroxyl groups is 2. The van der Waals surface area contributed by atoms with Crippen LogP contribution in [0.5, 0.6) is 0 Å². The molecule has 0 aromatic carbocycles. The van der Waals surface area contributed by atoms with E-state index in [1.807, 2.05) is 6.08 Å². The van der Waals surface area contributed by atoms with Gasteiger partial charge >= 0.3 is 5.97 Å². The Morgan fingerprint density at radius 2 is 0.844 bits per heavy atom. The van der Waals surface area contributed by atoms with E-state index in [9.17, 15) is 19.8 Å². The standard InChI is InChI=1S/C58H101NO5/c1-4-7-10-13-16-19-22-24-26-28-29-30-32-34-36-39-42-45-48-51-58(63)64-54(49-46-43-40-37-21-18-15-12-9-6-3)52-57(62)59-55(53-60)56(61)50-47-44-41-38-35-33-31-27-25-23-20-17-14-11-8-5-2/h7,10,16,18-19,21,24,26,29-30,34,36,42,45,54-56,60-61H,4-6,8-9,11-15,17,20,22-23,25,27-28,31-33,35,37-41,43-44,46-53H2,1-3H3,(H,59,62)/b10-7-,19-16-,21-18-,26-24-,30-29-,36-34-,45-42-. The summed E-state index contributed by atoms with van der Waals surface area (Å²) < 4.78 is 5.88. The molecular weight excluding hydrogens is 791 g/mol. The Morgan fingerprint density at radius 1 is 0.469 bits per heavy atom. The predicted molar refractivity (Wildman–Crippen MR) is 278 cm³/mol. The molecule has 0 aliphatic heterocycles. The van der Waals surface area contributed by atoms with Crippen molar-refractivity contribution in [2.24, 2.45) is 0 Å². The molecule has 0 bridgehead atoms. The van der Waals surface area contributed by atoms with Crippen LogP contribution in [0.2, 0.25) is 0 Å². The molecule has 0 aromatic rings. The molecule has 64 heavy (non-hydrogen) atoms. The van der Waals surface area contributed by atoms with Gasteiger partial charge in [0.05, 0.1) is 25.2 Å². The molecule has 368 valence electrons. The maximum atomic E-state index is 13.2. The van der Waals surface area contributed by atoms with Crippen LogP contribution in [0.25, 0.3) is 0 Å². The third kappa shape index (κ3) is 45.6. The van der Waals surface area contributed by atoms with Gasteiger partial charge in [-0.1, -0.05) is 228 Å². The van der Waals surface area contributed by atoms with Gasteiger partial charge < -0.3 is 20.3 Å². The van der Waals surface area contributed by atoms with Crippen molar-refractivity contribution in [2.75, 3.05) is 6.61 Å². The lowest BCUT2D eigenvalue weighted by Crippen LogP contribution is -2.46. The van der Waals surface area contributed by atoms with E-state index in [4.69, 9.17) is 4.74 Å². The Morgan fingerprint density at radius 3 is 1.31 bits per heavy atom. The highest BCUT2D eigenvalue weighted by Crippen LogP contribution is 2.17. The zero-order valence-corrected chi connectivity index (χ0v) is 41.9. The molecule has 0 aromatic heterocycles. The fourth-order valence-electron chi connectivity index (χ4n) is 7.69. The van der Waals surface area contributed by atoms with E-state index in [0.717, 1.165) is 89.9 Å². The highest BCUT2D eigenvalue weighted by Gasteiger charge is 2.24. The van der Waals surface area contributed by atoms with E-state index >= 15 is 0 Å². The summed E-state index contributed by atoms with van der Waals surface area (Å²) in [6.45, 7) is 6.32. The lowest BCUT2D eigenvalue weighted by molar-refractivity contribution is -0.150. The number of hydrogen-bond donors (Lipinski definition) is 3. The van der Waals surface area contributed by atoms with E-state index in [1.54, 1.807) is 0 Å². The van der Waals surface area contributed by atoms with E-state index in [0.29, 0.717) is 19.3 Å². The Kier molecular flexibility index (Phi) is 48.7. The number of carbonyl (C=O) groups is 2. The summed E-state index contributed by atoms with van der Waals surface area (Å²) >= 11 is 0. The number of hydrogen-bond acceptors (Lipinski definition) is 5. The minimum atomic E-state index is -0.807. The molecule has 3 atom stereocenters. The van der Waals surface area contributed by atoms with Gasteiger partial charge in [0.15, 0.2) is 0 Å². The smallest absolute Gasteiger partial charge is 0.306 e. The number of amides is 1. The number of rotatable bonds is 47. The Hall–Kier alpha value is -2.96. The van der Waals surface area contributed by atoms with Crippen LogP contribution in [0.15, 0.2) is 85.1 Å². The molecular formula is C58H101NO5. The summed E-state index contributed by atoms with van der Waals surface area (Å²) in [7, 11) is 0. The van der Waals surface area contributed by atoms with Crippen molar-refractivity contribution in [3.63, 3.8) is 0 Å². The van der Waals surface area contributed by atoms with Gasteiger partial charge in [0.2, 0.25) is 5.91 Å². The first-order chi connectivity index (χ1) is 31.5. The molecule has 0 aliphatic carbocycles. The highest BCUT2D eigenvalue weighted by atomic mass is 16.5. The average Bonchev–Trinajstić information content (AvgIpc) is 3.29. The monoisotopic (exact) mass is 892 g/mol. The second-order valence-corrected chi connectivity index (χ2v) is 17.9. The third-order valence-electron chi connectivity index (χ3n) is 11.7. The molecule has 0 radical (unpaired) electrons. The second-order valence-electron chi connectivity index (χ2n) is 17.9. The molecule has 0 saturated heterocycles. The van der Waals surface area contributed by atoms with Gasteiger partial charge in [-0.3, -0.25) is 9.59 Å². The summed E-state index contributed by atoms with van der Waals surface area (Å²) in [4.78, 5) is 26.1. The number of unbranched alkanes of at least 4 members (excludes halogenated alkanes) is 21. The average molecular weight is 892 g/mol. The molecule has 0 rings (SSSR count). The van der Waals surface area contributed by atoms with E-state index in [-0.39, 0.29) is 31.3 Å². The predicted octanol–water partition coefficient (Wildman–Crippen LogP) is 16.3. The number of allylic oxidation sites excluding steroid dienone is 14. The topological polar surface area (TPSA) is 95.9 Å². The summed E-state index contributed by atoms with van der Waals surface area (Å²) in [5.74, 6) is -0.593. The third-order valence-corrected chi connectivity index (χ3v) is 11.7. The number of aliphatic hydroxyl groups excluding tert-OH is 2. The fourth-order valence-corrected chi connectivity index (χ4v) is 7.69. The first kappa shape index (κ1) is 61.0. The quantitative estimate of drug-likeness (QED) is 0.0321. The van der Waals surface area contributed by atoms with Crippen LogP contribution in [0.4, 0.5) is 0 Å². The largest absolute Gasteiger partial charge is 0.462 e. The maximum Gasteiger partial charge on any atom is 0.306 e. The SMILES string of the molecule is CC/C=C\C/C=C\C/C=C\C/C=C\C/C=C\C/C=C\CCC(=O)OC(CCCCC/C=C\CCCCC)CC(=O)NC(CO)C(O)CCCCCCCCCCCCCCCCCC. The van der Waals surface area contributed by atoms with Crippen LogP contribution in [-0.4, -0.2) is 46.9 Å². The molecule has 0 aliphatic rings. The molecule has 3 N–H and O–H groups in total. The summed E-state index contributed by atoms with van der Waals surface area (Å²) in [5, 5.41) is 23.8. The molecule has 3 unspecified atom stereocenters. The maximum absolute atomic E-state index is 13.2. The summed E-state index contributed by atoms with van der Waals surface area (Å²) in [5.41, 5.74) is 0. The molecule has 6 heteroatoms. The Balaban J connectivity index is 4.59. The number of carbonyl (C=O) groups excluding carboxylic acids is 2. The Labute approximate surface area is 395 Å². The second kappa shape index (κ2) is 51.0. The van der Waals surface area contributed by atoms with Gasteiger partial charge in [-0.25, -0.2) is 0 Å². The van der Waals surface area contributed by atoms with Gasteiger partial charge in [-0.15, -0.1) is 0 Å². The van der Waals surface area contributed by atoms with Crippen molar-refractivity contribution in [1.29, 1.82) is 0 Å². The molecule has 0 spiro atoms. The van der Waals surface area contributed by atoms with Crippen LogP contribution >= 0.6 is 0 Å². The Bertz CT molecular complexity index is 1230. The van der Waals surface area contributed by atoms with Crippen LogP contribution in [0.3, 0.4) is 0 Å². The molecule has 0 fully saturated rings. The molecule has 0 heterocycles. The van der Waals surface area contributed by atoms with Gasteiger partial charge in [0.1, 0.15) is 6.10 Å². The van der Waals surface area contributed by atoms with Crippen LogP contribution < -0.4 is 5.32 Å². The van der Waals surface area contributed by atoms with Gasteiger partial charge in [-0.05, 0) is 89.9 Å². The van der Waals surface area contributed by atoms with Crippen molar-refractivity contribution < 1.29 is 24.5 Å². The first-order valence-electron chi connectivity index (χ1n) is 26.8. The van der Waals surface area contributed by atoms with Crippen molar-refractivity contribution in [1.82, 2.24) is 5.32 Å². The van der Waals surface area contributed by atoms with Crippen molar-refractivity contribution in [3.05, 3.63) is 85.1 Å². The number of nitrogens with one attached hydrogen (secondary N) is 1. The number of ether oxygens (including phenoxy) is 1. The van der Waals surface area contributed by atoms with Crippen molar-refractivity contribution in [3.8, 4) is 0 Å². The lowest BCUT2D eigenvalue weighted by atomic mass is 10.0. The normalized spacial score (nSPS) is 13.9. The minimum absolute atomic E-state index is 0.0330. The minimum Gasteiger partial charge on any atom is -0.462 e. The molecule has 0 saturated carbocycles. The highest BCUT2D eigenvalue weighted by molar-refractivity contribution is 5.77. The zero-order valence-electron chi connectivity index (χ0n) is 41.9. The molecule has 6 nitrogen and oxygen atoms in total. The summed E-state index contributed by atoms with van der Waals surface area (Å²) in [6.07, 6.45) is 66.6. The van der Waals surface area contributed by atoms with Gasteiger partial charge in [0, 0.05) is 6.42 Å². The summed E-state index contributed by atoms with van der Waals surface area (Å²) in [6, 6.07) is -0.725. The zero-order chi connectivity index (χ0) is 46.7. The fraction of sp³-hybridized carbons (Fsp3) is 0.724. The van der Waals surface area contributed by atoms with E-state index in [1.165, 1.54) is 103 Å². The molecule has 1 amide bonds. The van der Waals surface area contributed by atoms with Crippen molar-refractivity contribution in [2.45, 2.75) is 264 Å². The van der Waals surface area contributed by atoms with Gasteiger partial charge in [-0.2, -0.15) is 0 Å². The first-order valence-corrected chi connectivity index (χ1v) is 26.8. The van der Waals surface area contributed by atoms with E-state index in [2.05, 4.69) is 105 Å². The van der Waals surface area contributed by atoms with Crippen molar-refractivity contribution >= 4 is 11.9 Å². The number of esters is 1. The van der Waals surface area contributed by atoms with E-state index < -0.39 is 18.2 Å². The van der Waals surface area contributed by atoms with Gasteiger partial charge in [0.25, 0.3) is 0 Å². The van der Waals surface area contributed by atoms with Crippen LogP contribution in [0, 0.1) is 0 Å². The van der Waals surface area contributed by atoms with Crippen LogP contribution in [-0.2, 0) is 14.3 Å². The lowest BCUT2D eigenvalue weighted by Gasteiger charge is -2.24. The van der Waals surface area contributed by atoms with Crippen LogP contribution in [0.1, 0.15) is 245 Å².